The Morgan fingerprint density at radius 1 is 0.962 bits per heavy atom. The van der Waals surface area contributed by atoms with Crippen LogP contribution in [0.5, 0.6) is 0 Å². The van der Waals surface area contributed by atoms with Gasteiger partial charge in [0, 0.05) is 0 Å². The van der Waals surface area contributed by atoms with Gasteiger partial charge in [-0.05, 0) is 0 Å². The normalized spacial score (nSPS) is 13.3. The minimum absolute atomic E-state index is 0. The molecule has 0 radical (unpaired) electrons. The third-order valence-corrected chi connectivity index (χ3v) is 10.2. The summed E-state index contributed by atoms with van der Waals surface area (Å²) >= 11 is -1.57. The average molecular weight is 419 g/mol. The van der Waals surface area contributed by atoms with E-state index in [4.69, 9.17) is 0 Å². The van der Waals surface area contributed by atoms with Gasteiger partial charge in [-0.1, -0.05) is 0 Å². The van der Waals surface area contributed by atoms with Crippen LogP contribution >= 0.6 is 0 Å². The molecule has 2 aliphatic carbocycles. The second-order valence-corrected chi connectivity index (χ2v) is 11.5. The molecule has 0 saturated heterocycles. The SMILES string of the molecule is CCC1=[C]([Ti+2](=[C](C)C)[c]2cccc3c2Cc2ccccc2-3)CC=C1.[Cl-].[Cl-]. The molecule has 0 nitrogen and oxygen atoms in total. The zero-order valence-corrected chi connectivity index (χ0v) is 18.6. The van der Waals surface area contributed by atoms with Crippen molar-refractivity contribution in [3.63, 3.8) is 0 Å². The summed E-state index contributed by atoms with van der Waals surface area (Å²) in [6.45, 7) is 7.04. The van der Waals surface area contributed by atoms with Gasteiger partial charge in [0.25, 0.3) is 0 Å². The van der Waals surface area contributed by atoms with E-state index in [1.165, 1.54) is 29.5 Å². The van der Waals surface area contributed by atoms with Crippen molar-refractivity contribution in [2.24, 2.45) is 0 Å². The van der Waals surface area contributed by atoms with Gasteiger partial charge in [0.15, 0.2) is 0 Å². The summed E-state index contributed by atoms with van der Waals surface area (Å²) < 4.78 is 5.14. The third kappa shape index (κ3) is 3.58. The Bertz CT molecular complexity index is 916. The smallest absolute Gasteiger partial charge is 1.00 e. The van der Waals surface area contributed by atoms with E-state index in [1.54, 1.807) is 22.7 Å². The van der Waals surface area contributed by atoms with E-state index in [1.807, 2.05) is 0 Å². The van der Waals surface area contributed by atoms with Gasteiger partial charge in [-0.3, -0.25) is 0 Å². The van der Waals surface area contributed by atoms with Crippen molar-refractivity contribution in [1.29, 1.82) is 0 Å². The molecule has 0 unspecified atom stereocenters. The first kappa shape index (κ1) is 21.4. The number of benzene rings is 2. The molecule has 0 aliphatic heterocycles. The minimum Gasteiger partial charge on any atom is -1.00 e. The van der Waals surface area contributed by atoms with Crippen molar-refractivity contribution >= 4 is 7.68 Å². The minimum atomic E-state index is -1.57. The van der Waals surface area contributed by atoms with Crippen LogP contribution in [0.25, 0.3) is 11.1 Å². The Labute approximate surface area is 175 Å². The van der Waals surface area contributed by atoms with E-state index in [2.05, 4.69) is 75.4 Å². The fourth-order valence-electron chi connectivity index (χ4n) is 4.27. The monoisotopic (exact) mass is 418 g/mol. The Hall–Kier alpha value is -0.916. The van der Waals surface area contributed by atoms with Crippen molar-refractivity contribution in [2.45, 2.75) is 40.0 Å². The number of halogens is 2. The maximum absolute atomic E-state index is 2.44. The Morgan fingerprint density at radius 2 is 1.69 bits per heavy atom. The van der Waals surface area contributed by atoms with E-state index in [0.29, 0.717) is 0 Å². The van der Waals surface area contributed by atoms with Crippen LogP contribution in [0.3, 0.4) is 0 Å². The van der Waals surface area contributed by atoms with E-state index in [9.17, 15) is 0 Å². The number of hydrogen-bond acceptors (Lipinski definition) is 0. The second-order valence-electron chi connectivity index (χ2n) is 7.00. The first-order chi connectivity index (χ1) is 11.7. The summed E-state index contributed by atoms with van der Waals surface area (Å²) in [5.41, 5.74) is 7.67. The van der Waals surface area contributed by atoms with Crippen molar-refractivity contribution in [2.75, 3.05) is 0 Å². The third-order valence-electron chi connectivity index (χ3n) is 5.33. The predicted molar refractivity (Wildman–Crippen MR) is 102 cm³/mol. The van der Waals surface area contributed by atoms with Gasteiger partial charge in [-0.25, -0.2) is 0 Å². The topological polar surface area (TPSA) is 0 Å². The van der Waals surface area contributed by atoms with Gasteiger partial charge >= 0.3 is 151 Å². The summed E-state index contributed by atoms with van der Waals surface area (Å²) in [5.74, 6) is 0. The fourth-order valence-corrected chi connectivity index (χ4v) is 9.20. The molecule has 0 atom stereocenters. The fraction of sp³-hybridized carbons (Fsp3) is 0.261. The molecule has 2 aliphatic rings. The molecule has 0 aromatic heterocycles. The van der Waals surface area contributed by atoms with Crippen LogP contribution in [0.15, 0.2) is 64.1 Å². The van der Waals surface area contributed by atoms with Gasteiger partial charge in [0.1, 0.15) is 0 Å². The van der Waals surface area contributed by atoms with Crippen molar-refractivity contribution in [3.8, 4) is 11.1 Å². The zero-order chi connectivity index (χ0) is 16.7. The first-order valence-corrected chi connectivity index (χ1v) is 11.3. The summed E-state index contributed by atoms with van der Waals surface area (Å²) in [4.78, 5) is 0. The molecule has 0 bridgehead atoms. The summed E-state index contributed by atoms with van der Waals surface area (Å²) in [5, 5.41) is 0. The van der Waals surface area contributed by atoms with Crippen LogP contribution in [-0.4, -0.2) is 3.81 Å². The van der Waals surface area contributed by atoms with Crippen LogP contribution in [0.2, 0.25) is 0 Å². The maximum atomic E-state index is 2.44. The Kier molecular flexibility index (Phi) is 7.28. The largest absolute Gasteiger partial charge is 1.00 e. The summed E-state index contributed by atoms with van der Waals surface area (Å²) in [7, 11) is 0. The standard InChI is InChI=1S/C13H9.C7H9.C3H6.2ClH.Ti/c1-3-7-12-10(5-1)9-11-6-2-4-8-13(11)12;1-2-7-5-3-4-6-7;1-3-2;;;/h1-5,7-8H,9H2;3,5H,2,4H2,1H3;1-2H3;2*1H;/q;;;;;+2/p-2. The van der Waals surface area contributed by atoms with E-state index in [-0.39, 0.29) is 24.8 Å². The van der Waals surface area contributed by atoms with Gasteiger partial charge in [0.2, 0.25) is 0 Å². The molecule has 0 saturated carbocycles. The molecule has 0 fully saturated rings. The van der Waals surface area contributed by atoms with Crippen LogP contribution in [0.1, 0.15) is 44.7 Å². The van der Waals surface area contributed by atoms with Crippen LogP contribution in [-0.2, 0) is 23.8 Å². The van der Waals surface area contributed by atoms with Gasteiger partial charge in [-0.2, -0.15) is 0 Å². The Balaban J connectivity index is 0.00000121. The number of hydrogen-bond donors (Lipinski definition) is 0. The second kappa shape index (κ2) is 8.85. The van der Waals surface area contributed by atoms with Gasteiger partial charge in [-0.15, -0.1) is 0 Å². The van der Waals surface area contributed by atoms with Crippen molar-refractivity contribution in [1.82, 2.24) is 0 Å². The molecule has 0 amide bonds. The molecular formula is C23H24Cl2Ti. The quantitative estimate of drug-likeness (QED) is 0.495. The molecule has 26 heavy (non-hydrogen) atoms. The van der Waals surface area contributed by atoms with Crippen molar-refractivity contribution < 1.29 is 42.2 Å². The molecule has 4 rings (SSSR count). The summed E-state index contributed by atoms with van der Waals surface area (Å²) in [6.07, 6.45) is 8.23. The van der Waals surface area contributed by atoms with Gasteiger partial charge < -0.3 is 24.8 Å². The van der Waals surface area contributed by atoms with Crippen LogP contribution in [0, 0.1) is 0 Å². The molecular weight excluding hydrogens is 395 g/mol. The zero-order valence-electron chi connectivity index (χ0n) is 15.6. The van der Waals surface area contributed by atoms with E-state index >= 15 is 0 Å². The van der Waals surface area contributed by atoms with Crippen molar-refractivity contribution in [3.05, 3.63) is 75.2 Å². The average Bonchev–Trinajstić information content (AvgIpc) is 3.19. The van der Waals surface area contributed by atoms with E-state index in [0.717, 1.165) is 6.42 Å². The molecule has 2 aromatic rings. The molecule has 134 valence electrons. The van der Waals surface area contributed by atoms with E-state index < -0.39 is 17.4 Å². The molecule has 0 spiro atoms. The molecule has 2 aromatic carbocycles. The van der Waals surface area contributed by atoms with Crippen LogP contribution in [0.4, 0.5) is 0 Å². The Morgan fingerprint density at radius 3 is 2.42 bits per heavy atom. The first-order valence-electron chi connectivity index (χ1n) is 8.97. The van der Waals surface area contributed by atoms with Gasteiger partial charge in [0.05, 0.1) is 0 Å². The number of rotatable bonds is 3. The van der Waals surface area contributed by atoms with Crippen LogP contribution < -0.4 is 28.7 Å². The maximum Gasteiger partial charge on any atom is -1.00 e. The number of allylic oxidation sites excluding steroid dienone is 4. The predicted octanol–water partition coefficient (Wildman–Crippen LogP) is -0.654. The molecule has 3 heteroatoms. The molecule has 0 N–H and O–H groups in total. The molecule has 0 heterocycles. The summed E-state index contributed by atoms with van der Waals surface area (Å²) in [6, 6.07) is 16.0. The number of fused-ring (bicyclic) bond motifs is 3.